The van der Waals surface area contributed by atoms with Crippen LogP contribution in [0.4, 0.5) is 4.39 Å². The fourth-order valence-corrected chi connectivity index (χ4v) is 2.84. The van der Waals surface area contributed by atoms with Crippen molar-refractivity contribution in [1.29, 1.82) is 0 Å². The van der Waals surface area contributed by atoms with Crippen molar-refractivity contribution in [2.24, 2.45) is 5.73 Å². The predicted molar refractivity (Wildman–Crippen MR) is 73.9 cm³/mol. The minimum Gasteiger partial charge on any atom is -0.358 e. The molecule has 5 heteroatoms. The first-order chi connectivity index (χ1) is 8.58. The van der Waals surface area contributed by atoms with E-state index in [0.717, 1.165) is 12.0 Å². The topological polar surface area (TPSA) is 55.1 Å². The van der Waals surface area contributed by atoms with Gasteiger partial charge in [-0.15, -0.1) is 11.8 Å². The second-order valence-corrected chi connectivity index (χ2v) is 5.16. The SMILES string of the molecule is CCC(N)C(SCC(=O)NC)c1ccc(F)cc1. The van der Waals surface area contributed by atoms with Crippen molar-refractivity contribution >= 4 is 17.7 Å². The van der Waals surface area contributed by atoms with Gasteiger partial charge in [0.2, 0.25) is 5.91 Å². The molecule has 1 aromatic carbocycles. The molecule has 0 saturated carbocycles. The molecular formula is C13H19FN2OS. The second kappa shape index (κ2) is 7.38. The van der Waals surface area contributed by atoms with Crippen molar-refractivity contribution < 1.29 is 9.18 Å². The smallest absolute Gasteiger partial charge is 0.229 e. The lowest BCUT2D eigenvalue weighted by Crippen LogP contribution is -2.28. The summed E-state index contributed by atoms with van der Waals surface area (Å²) in [5, 5.41) is 2.58. The Morgan fingerprint density at radius 2 is 2.06 bits per heavy atom. The van der Waals surface area contributed by atoms with E-state index in [1.165, 1.54) is 23.9 Å². The van der Waals surface area contributed by atoms with Crippen LogP contribution in [0.1, 0.15) is 24.2 Å². The van der Waals surface area contributed by atoms with Crippen LogP contribution in [0.15, 0.2) is 24.3 Å². The molecule has 0 radical (unpaired) electrons. The van der Waals surface area contributed by atoms with E-state index in [-0.39, 0.29) is 23.0 Å². The summed E-state index contributed by atoms with van der Waals surface area (Å²) in [5.41, 5.74) is 7.03. The van der Waals surface area contributed by atoms with Gasteiger partial charge in [0.15, 0.2) is 0 Å². The number of amides is 1. The Hall–Kier alpha value is -1.07. The monoisotopic (exact) mass is 270 g/mol. The molecule has 2 atom stereocenters. The van der Waals surface area contributed by atoms with E-state index < -0.39 is 0 Å². The normalized spacial score (nSPS) is 14.0. The number of nitrogens with one attached hydrogen (secondary N) is 1. The van der Waals surface area contributed by atoms with Crippen molar-refractivity contribution in [2.75, 3.05) is 12.8 Å². The summed E-state index contributed by atoms with van der Waals surface area (Å²) in [6, 6.07) is 6.25. The third-order valence-corrected chi connectivity index (χ3v) is 4.14. The van der Waals surface area contributed by atoms with Crippen LogP contribution in [0.25, 0.3) is 0 Å². The molecule has 18 heavy (non-hydrogen) atoms. The highest BCUT2D eigenvalue weighted by atomic mass is 32.2. The quantitative estimate of drug-likeness (QED) is 0.832. The maximum atomic E-state index is 12.9. The standard InChI is InChI=1S/C13H19FN2OS/c1-3-11(15)13(18-8-12(17)16-2)9-4-6-10(14)7-5-9/h4-7,11,13H,3,8,15H2,1-2H3,(H,16,17). The highest BCUT2D eigenvalue weighted by Gasteiger charge is 2.20. The molecule has 3 nitrogen and oxygen atoms in total. The second-order valence-electron chi connectivity index (χ2n) is 4.03. The maximum absolute atomic E-state index is 12.9. The Morgan fingerprint density at radius 1 is 1.44 bits per heavy atom. The van der Waals surface area contributed by atoms with Gasteiger partial charge in [-0.1, -0.05) is 19.1 Å². The van der Waals surface area contributed by atoms with Gasteiger partial charge in [-0.25, -0.2) is 4.39 Å². The first kappa shape index (κ1) is 15.0. The van der Waals surface area contributed by atoms with Gasteiger partial charge in [0.05, 0.1) is 5.75 Å². The van der Waals surface area contributed by atoms with E-state index in [4.69, 9.17) is 5.73 Å². The molecule has 3 N–H and O–H groups in total. The summed E-state index contributed by atoms with van der Waals surface area (Å²) < 4.78 is 12.9. The first-order valence-corrected chi connectivity index (χ1v) is 6.96. The molecule has 1 amide bonds. The van der Waals surface area contributed by atoms with Crippen LogP contribution in [0.3, 0.4) is 0 Å². The van der Waals surface area contributed by atoms with Gasteiger partial charge in [0.25, 0.3) is 0 Å². The zero-order valence-electron chi connectivity index (χ0n) is 10.7. The summed E-state index contributed by atoms with van der Waals surface area (Å²) in [6.45, 7) is 2.00. The lowest BCUT2D eigenvalue weighted by atomic mass is 10.0. The average molecular weight is 270 g/mol. The Morgan fingerprint density at radius 3 is 2.56 bits per heavy atom. The van der Waals surface area contributed by atoms with Crippen LogP contribution >= 0.6 is 11.8 Å². The molecule has 1 rings (SSSR count). The summed E-state index contributed by atoms with van der Waals surface area (Å²) in [5.74, 6) is 0.0565. The van der Waals surface area contributed by atoms with Crippen molar-refractivity contribution in [1.82, 2.24) is 5.32 Å². The number of nitrogens with two attached hydrogens (primary N) is 1. The lowest BCUT2D eigenvalue weighted by Gasteiger charge is -2.22. The summed E-state index contributed by atoms with van der Waals surface area (Å²) >= 11 is 1.49. The van der Waals surface area contributed by atoms with Crippen molar-refractivity contribution in [3.05, 3.63) is 35.6 Å². The van der Waals surface area contributed by atoms with Gasteiger partial charge in [-0.05, 0) is 24.1 Å². The van der Waals surface area contributed by atoms with Gasteiger partial charge in [-0.3, -0.25) is 4.79 Å². The third kappa shape index (κ3) is 4.31. The number of benzene rings is 1. The van der Waals surface area contributed by atoms with E-state index in [1.807, 2.05) is 6.92 Å². The number of carbonyl (C=O) groups excluding carboxylic acids is 1. The van der Waals surface area contributed by atoms with Gasteiger partial charge < -0.3 is 11.1 Å². The van der Waals surface area contributed by atoms with Gasteiger partial charge >= 0.3 is 0 Å². The van der Waals surface area contributed by atoms with Gasteiger partial charge in [0.1, 0.15) is 5.82 Å². The molecule has 0 aliphatic rings. The summed E-state index contributed by atoms with van der Waals surface area (Å²) in [4.78, 5) is 11.3. The molecule has 2 unspecified atom stereocenters. The molecule has 0 aromatic heterocycles. The number of hydrogen-bond acceptors (Lipinski definition) is 3. The van der Waals surface area contributed by atoms with E-state index in [9.17, 15) is 9.18 Å². The van der Waals surface area contributed by atoms with Gasteiger partial charge in [0, 0.05) is 18.3 Å². The molecule has 0 fully saturated rings. The van der Waals surface area contributed by atoms with Gasteiger partial charge in [-0.2, -0.15) is 0 Å². The van der Waals surface area contributed by atoms with E-state index in [0.29, 0.717) is 5.75 Å². The van der Waals surface area contributed by atoms with Crippen LogP contribution in [-0.2, 0) is 4.79 Å². The van der Waals surface area contributed by atoms with E-state index >= 15 is 0 Å². The zero-order chi connectivity index (χ0) is 13.5. The van der Waals surface area contributed by atoms with Crippen LogP contribution < -0.4 is 11.1 Å². The largest absolute Gasteiger partial charge is 0.358 e. The Balaban J connectivity index is 2.77. The maximum Gasteiger partial charge on any atom is 0.229 e. The molecule has 0 aliphatic carbocycles. The first-order valence-electron chi connectivity index (χ1n) is 5.91. The minimum absolute atomic E-state index is 0.00731. The van der Waals surface area contributed by atoms with Crippen LogP contribution in [0.2, 0.25) is 0 Å². The summed E-state index contributed by atoms with van der Waals surface area (Å²) in [6.07, 6.45) is 0.808. The summed E-state index contributed by atoms with van der Waals surface area (Å²) in [7, 11) is 1.61. The van der Waals surface area contributed by atoms with E-state index in [2.05, 4.69) is 5.32 Å². The number of thioether (sulfide) groups is 1. The number of rotatable bonds is 6. The molecule has 0 saturated heterocycles. The third-order valence-electron chi connectivity index (χ3n) is 2.73. The minimum atomic E-state index is -0.265. The zero-order valence-corrected chi connectivity index (χ0v) is 11.5. The molecule has 1 aromatic rings. The lowest BCUT2D eigenvalue weighted by molar-refractivity contribution is -0.118. The Kier molecular flexibility index (Phi) is 6.15. The highest BCUT2D eigenvalue weighted by molar-refractivity contribution is 8.00. The predicted octanol–water partition coefficient (Wildman–Crippen LogP) is 2.08. The molecule has 0 bridgehead atoms. The van der Waals surface area contributed by atoms with Crippen molar-refractivity contribution in [3.63, 3.8) is 0 Å². The molecule has 0 spiro atoms. The van der Waals surface area contributed by atoms with Crippen LogP contribution in [0.5, 0.6) is 0 Å². The van der Waals surface area contributed by atoms with E-state index in [1.54, 1.807) is 19.2 Å². The molecular weight excluding hydrogens is 251 g/mol. The van der Waals surface area contributed by atoms with Crippen molar-refractivity contribution in [2.45, 2.75) is 24.6 Å². The van der Waals surface area contributed by atoms with Crippen LogP contribution in [-0.4, -0.2) is 24.7 Å². The average Bonchev–Trinajstić information content (AvgIpc) is 2.40. The fourth-order valence-electron chi connectivity index (χ4n) is 1.57. The number of halogens is 1. The molecule has 0 heterocycles. The van der Waals surface area contributed by atoms with Crippen LogP contribution in [0, 0.1) is 5.82 Å². The Labute approximate surface area is 111 Å². The number of hydrogen-bond donors (Lipinski definition) is 2. The number of carbonyl (C=O) groups is 1. The molecule has 100 valence electrons. The fraction of sp³-hybridized carbons (Fsp3) is 0.462. The van der Waals surface area contributed by atoms with Crippen molar-refractivity contribution in [3.8, 4) is 0 Å². The molecule has 0 aliphatic heterocycles. The highest BCUT2D eigenvalue weighted by Crippen LogP contribution is 2.32. The Bertz CT molecular complexity index is 383.